The van der Waals surface area contributed by atoms with Gasteiger partial charge in [-0.1, -0.05) is 18.2 Å². The minimum Gasteiger partial charge on any atom is -0.492 e. The molecule has 2 heterocycles. The van der Waals surface area contributed by atoms with Crippen molar-refractivity contribution in [3.05, 3.63) is 58.4 Å². The number of carbonyl (C=O) groups excluding carboxylic acids is 1. The van der Waals surface area contributed by atoms with Gasteiger partial charge >= 0.3 is 0 Å². The first kappa shape index (κ1) is 18.6. The van der Waals surface area contributed by atoms with Crippen LogP contribution in [-0.2, 0) is 12.8 Å². The fourth-order valence-corrected chi connectivity index (χ4v) is 4.95. The van der Waals surface area contributed by atoms with E-state index in [2.05, 4.69) is 35.1 Å². The summed E-state index contributed by atoms with van der Waals surface area (Å²) in [7, 11) is 2.21. The highest BCUT2D eigenvalue weighted by Crippen LogP contribution is 2.39. The lowest BCUT2D eigenvalue weighted by Crippen LogP contribution is -2.18. The number of amides is 1. The lowest BCUT2D eigenvalue weighted by atomic mass is 9.94. The quantitative estimate of drug-likeness (QED) is 0.817. The second kappa shape index (κ2) is 7.45. The summed E-state index contributed by atoms with van der Waals surface area (Å²) in [4.78, 5) is 18.8. The van der Waals surface area contributed by atoms with Crippen LogP contribution in [0.1, 0.15) is 70.4 Å². The highest BCUT2D eigenvalue weighted by Gasteiger charge is 2.30. The average molecular weight is 392 g/mol. The van der Waals surface area contributed by atoms with Crippen LogP contribution in [0, 0.1) is 5.92 Å². The Morgan fingerprint density at radius 1 is 1.21 bits per heavy atom. The fraction of sp³-hybridized carbons (Fsp3) is 0.500. The first-order valence-electron chi connectivity index (χ1n) is 10.8. The van der Waals surface area contributed by atoms with Crippen LogP contribution in [0.2, 0.25) is 0 Å². The van der Waals surface area contributed by atoms with Crippen LogP contribution in [0.4, 0.5) is 0 Å². The average Bonchev–Trinajstić information content (AvgIpc) is 3.29. The lowest BCUT2D eigenvalue weighted by Gasteiger charge is -2.20. The Hall–Kier alpha value is -2.40. The van der Waals surface area contributed by atoms with Crippen LogP contribution in [0.3, 0.4) is 0 Å². The van der Waals surface area contributed by atoms with Crippen molar-refractivity contribution in [2.45, 2.75) is 50.5 Å². The molecular weight excluding hydrogens is 362 g/mol. The minimum atomic E-state index is -0.460. The lowest BCUT2D eigenvalue weighted by molar-refractivity contribution is 0.0994. The van der Waals surface area contributed by atoms with E-state index in [0.29, 0.717) is 17.7 Å². The Kier molecular flexibility index (Phi) is 4.78. The summed E-state index contributed by atoms with van der Waals surface area (Å²) in [6.45, 7) is 1.91. The predicted octanol–water partition coefficient (Wildman–Crippen LogP) is 3.62. The van der Waals surface area contributed by atoms with Crippen molar-refractivity contribution < 1.29 is 9.53 Å². The monoisotopic (exact) mass is 391 g/mol. The van der Waals surface area contributed by atoms with Crippen LogP contribution in [0.5, 0.6) is 5.75 Å². The second-order valence-corrected chi connectivity index (χ2v) is 9.00. The van der Waals surface area contributed by atoms with Crippen molar-refractivity contribution in [2.24, 2.45) is 11.7 Å². The van der Waals surface area contributed by atoms with Crippen molar-refractivity contribution in [1.29, 1.82) is 0 Å². The molecule has 5 heteroatoms. The number of rotatable bonds is 6. The molecule has 1 saturated heterocycles. The molecule has 152 valence electrons. The molecule has 1 saturated carbocycles. The predicted molar refractivity (Wildman–Crippen MR) is 112 cm³/mol. The summed E-state index contributed by atoms with van der Waals surface area (Å²) >= 11 is 0. The second-order valence-electron chi connectivity index (χ2n) is 9.00. The van der Waals surface area contributed by atoms with Gasteiger partial charge in [-0.25, -0.2) is 4.98 Å². The number of nitrogens with two attached hydrogens (primary N) is 1. The number of aromatic nitrogens is 1. The summed E-state index contributed by atoms with van der Waals surface area (Å²) in [5.41, 5.74) is 11.1. The van der Waals surface area contributed by atoms with Crippen molar-refractivity contribution >= 4 is 5.91 Å². The van der Waals surface area contributed by atoms with Gasteiger partial charge in [-0.3, -0.25) is 9.69 Å². The molecule has 0 bridgehead atoms. The van der Waals surface area contributed by atoms with Gasteiger partial charge in [0.25, 0.3) is 5.91 Å². The van der Waals surface area contributed by atoms with E-state index in [1.54, 1.807) is 6.20 Å². The molecule has 5 rings (SSSR count). The van der Waals surface area contributed by atoms with Crippen molar-refractivity contribution in [3.63, 3.8) is 0 Å². The Morgan fingerprint density at radius 2 is 2.03 bits per heavy atom. The molecular formula is C24H29N3O2. The number of carbonyl (C=O) groups is 1. The minimum absolute atomic E-state index is 0.223. The topological polar surface area (TPSA) is 68.4 Å². The molecule has 2 aliphatic carbocycles. The number of pyridine rings is 1. The van der Waals surface area contributed by atoms with E-state index < -0.39 is 5.91 Å². The number of likely N-dealkylation sites (tertiary alicyclic amines) is 1. The Morgan fingerprint density at radius 3 is 2.76 bits per heavy atom. The Balaban J connectivity index is 1.39. The molecule has 1 aliphatic heterocycles. The molecule has 1 amide bonds. The molecule has 5 nitrogen and oxygen atoms in total. The molecule has 0 radical (unpaired) electrons. The SMILES string of the molecule is CN1CCCC1c1ccc2c(c1)C[C@H](c1cc(OCC3CC3)cnc1C(N)=O)C2. The zero-order valence-corrected chi connectivity index (χ0v) is 17.1. The van der Waals surface area contributed by atoms with E-state index in [0.717, 1.165) is 30.8 Å². The van der Waals surface area contributed by atoms with E-state index in [4.69, 9.17) is 10.5 Å². The van der Waals surface area contributed by atoms with Gasteiger partial charge in [-0.15, -0.1) is 0 Å². The standard InChI is InChI=1S/C24H29N3O2/c1-27-8-2-3-22(27)17-7-6-16-9-19(11-18(16)10-17)21-12-20(29-14-15-4-5-15)13-26-23(21)24(25)28/h6-7,10,12-13,15,19,22H,2-5,8-9,11,14H2,1H3,(H2,25,28)/t19-,22?/m1/s1. The number of benzene rings is 1. The Bertz CT molecular complexity index is 938. The van der Waals surface area contributed by atoms with Crippen molar-refractivity contribution in [3.8, 4) is 5.75 Å². The molecule has 1 aromatic heterocycles. The van der Waals surface area contributed by atoms with Crippen LogP contribution < -0.4 is 10.5 Å². The maximum absolute atomic E-state index is 12.0. The van der Waals surface area contributed by atoms with Gasteiger partial charge in [0.2, 0.25) is 0 Å². The largest absolute Gasteiger partial charge is 0.492 e. The Labute approximate surface area is 172 Å². The van der Waals surface area contributed by atoms with Gasteiger partial charge in [0, 0.05) is 6.04 Å². The summed E-state index contributed by atoms with van der Waals surface area (Å²) < 4.78 is 5.92. The number of nitrogens with zero attached hydrogens (tertiary/aromatic N) is 2. The molecule has 1 aromatic carbocycles. The smallest absolute Gasteiger partial charge is 0.267 e. The molecule has 2 fully saturated rings. The summed E-state index contributed by atoms with van der Waals surface area (Å²) in [6.07, 6.45) is 8.48. The maximum Gasteiger partial charge on any atom is 0.267 e. The van der Waals surface area contributed by atoms with Crippen LogP contribution in [0.15, 0.2) is 30.5 Å². The summed E-state index contributed by atoms with van der Waals surface area (Å²) in [6, 6.07) is 9.48. The highest BCUT2D eigenvalue weighted by molar-refractivity contribution is 5.92. The third-order valence-corrected chi connectivity index (χ3v) is 6.82. The molecule has 1 unspecified atom stereocenters. The van der Waals surface area contributed by atoms with E-state index in [9.17, 15) is 4.79 Å². The first-order chi connectivity index (χ1) is 14.1. The molecule has 2 aromatic rings. The number of hydrogen-bond donors (Lipinski definition) is 1. The van der Waals surface area contributed by atoms with Crippen LogP contribution >= 0.6 is 0 Å². The van der Waals surface area contributed by atoms with E-state index in [1.807, 2.05) is 6.07 Å². The molecule has 29 heavy (non-hydrogen) atoms. The van der Waals surface area contributed by atoms with Crippen molar-refractivity contribution in [2.75, 3.05) is 20.2 Å². The molecule has 3 aliphatic rings. The van der Waals surface area contributed by atoms with Gasteiger partial charge in [0.15, 0.2) is 0 Å². The van der Waals surface area contributed by atoms with Gasteiger partial charge in [-0.05, 0) is 92.3 Å². The summed E-state index contributed by atoms with van der Waals surface area (Å²) in [5, 5.41) is 0. The van der Waals surface area contributed by atoms with Gasteiger partial charge in [-0.2, -0.15) is 0 Å². The number of fused-ring (bicyclic) bond motifs is 1. The van der Waals surface area contributed by atoms with Gasteiger partial charge < -0.3 is 10.5 Å². The van der Waals surface area contributed by atoms with Crippen LogP contribution in [0.25, 0.3) is 0 Å². The first-order valence-corrected chi connectivity index (χ1v) is 10.8. The number of primary amides is 1. The normalized spacial score (nSPS) is 23.9. The third kappa shape index (κ3) is 3.76. The third-order valence-electron chi connectivity index (χ3n) is 6.82. The van der Waals surface area contributed by atoms with E-state index >= 15 is 0 Å². The highest BCUT2D eigenvalue weighted by atomic mass is 16.5. The van der Waals surface area contributed by atoms with Crippen molar-refractivity contribution in [1.82, 2.24) is 9.88 Å². The zero-order chi connectivity index (χ0) is 20.0. The fourth-order valence-electron chi connectivity index (χ4n) is 4.95. The maximum atomic E-state index is 12.0. The van der Waals surface area contributed by atoms with E-state index in [-0.39, 0.29) is 5.92 Å². The van der Waals surface area contributed by atoms with Crippen LogP contribution in [-0.4, -0.2) is 36.0 Å². The molecule has 2 N–H and O–H groups in total. The summed E-state index contributed by atoms with van der Waals surface area (Å²) in [5.74, 6) is 1.19. The number of hydrogen-bond acceptors (Lipinski definition) is 4. The zero-order valence-electron chi connectivity index (χ0n) is 17.1. The van der Waals surface area contributed by atoms with Gasteiger partial charge in [0.1, 0.15) is 11.4 Å². The molecule has 2 atom stereocenters. The number of ether oxygens (including phenoxy) is 1. The molecule has 0 spiro atoms. The van der Waals surface area contributed by atoms with E-state index in [1.165, 1.54) is 48.9 Å². The van der Waals surface area contributed by atoms with Gasteiger partial charge in [0.05, 0.1) is 12.8 Å².